The Labute approximate surface area is 513 Å². The first-order valence-electron chi connectivity index (χ1n) is 35.0. The van der Waals surface area contributed by atoms with Crippen molar-refractivity contribution in [1.82, 2.24) is 0 Å². The van der Waals surface area contributed by atoms with Crippen LogP contribution in [-0.4, -0.2) is 37.2 Å². The van der Waals surface area contributed by atoms with Gasteiger partial charge in [-0.25, -0.2) is 0 Å². The molecular weight excluding hydrogens is 1020 g/mol. The average molecular weight is 1150 g/mol. The molecule has 0 aliphatic carbocycles. The lowest BCUT2D eigenvalue weighted by atomic mass is 10.0. The van der Waals surface area contributed by atoms with Gasteiger partial charge in [-0.1, -0.05) is 322 Å². The molecule has 0 aromatic heterocycles. The Bertz CT molecular complexity index is 1700. The summed E-state index contributed by atoms with van der Waals surface area (Å²) in [7, 11) is 0. The summed E-state index contributed by atoms with van der Waals surface area (Å²) in [6.07, 6.45) is 97.8. The number of ether oxygens (including phenoxy) is 3. The molecule has 0 aliphatic heterocycles. The topological polar surface area (TPSA) is 78.9 Å². The first-order chi connectivity index (χ1) is 41.0. The summed E-state index contributed by atoms with van der Waals surface area (Å²) in [5.41, 5.74) is 0. The maximum atomic E-state index is 13.0. The molecule has 0 N–H and O–H groups in total. The summed E-state index contributed by atoms with van der Waals surface area (Å²) in [5.74, 6) is -0.877. The van der Waals surface area contributed by atoms with Crippen LogP contribution in [0.2, 0.25) is 0 Å². The van der Waals surface area contributed by atoms with Crippen LogP contribution in [0.5, 0.6) is 0 Å². The minimum absolute atomic E-state index is 0.0796. The number of allylic oxidation sites excluding steroid dienone is 20. The molecule has 1 atom stereocenters. The highest BCUT2D eigenvalue weighted by atomic mass is 16.6. The third-order valence-electron chi connectivity index (χ3n) is 15.0. The van der Waals surface area contributed by atoms with Crippen molar-refractivity contribution < 1.29 is 28.6 Å². The van der Waals surface area contributed by atoms with Gasteiger partial charge in [0.05, 0.1) is 0 Å². The monoisotopic (exact) mass is 1150 g/mol. The van der Waals surface area contributed by atoms with E-state index in [2.05, 4.69) is 142 Å². The zero-order valence-corrected chi connectivity index (χ0v) is 54.4. The van der Waals surface area contributed by atoms with Crippen molar-refractivity contribution in [2.45, 2.75) is 335 Å². The maximum Gasteiger partial charge on any atom is 0.306 e. The number of unbranched alkanes of at least 4 members (excludes halogenated alkanes) is 32. The summed E-state index contributed by atoms with van der Waals surface area (Å²) >= 11 is 0. The molecule has 0 saturated heterocycles. The van der Waals surface area contributed by atoms with E-state index in [0.29, 0.717) is 19.3 Å². The van der Waals surface area contributed by atoms with Crippen molar-refractivity contribution in [3.63, 3.8) is 0 Å². The Morgan fingerprint density at radius 2 is 0.470 bits per heavy atom. The highest BCUT2D eigenvalue weighted by molar-refractivity contribution is 5.71. The molecule has 0 aromatic carbocycles. The molecule has 83 heavy (non-hydrogen) atoms. The van der Waals surface area contributed by atoms with Crippen LogP contribution in [0.4, 0.5) is 0 Å². The van der Waals surface area contributed by atoms with E-state index in [4.69, 9.17) is 14.2 Å². The lowest BCUT2D eigenvalue weighted by molar-refractivity contribution is -0.167. The Hall–Kier alpha value is -4.19. The first kappa shape index (κ1) is 78.8. The molecule has 0 spiro atoms. The molecule has 0 amide bonds. The second kappa shape index (κ2) is 70.3. The number of rotatable bonds is 63. The zero-order valence-electron chi connectivity index (χ0n) is 54.4. The molecule has 0 heterocycles. The van der Waals surface area contributed by atoms with Crippen molar-refractivity contribution in [3.05, 3.63) is 122 Å². The Kier molecular flexibility index (Phi) is 66.7. The van der Waals surface area contributed by atoms with E-state index in [9.17, 15) is 14.4 Å². The van der Waals surface area contributed by atoms with Crippen molar-refractivity contribution in [3.8, 4) is 0 Å². The van der Waals surface area contributed by atoms with E-state index >= 15 is 0 Å². The second-order valence-corrected chi connectivity index (χ2v) is 23.0. The highest BCUT2D eigenvalue weighted by Crippen LogP contribution is 2.17. The fourth-order valence-corrected chi connectivity index (χ4v) is 9.79. The van der Waals surface area contributed by atoms with Crippen molar-refractivity contribution >= 4 is 17.9 Å². The molecular formula is C77H130O6. The van der Waals surface area contributed by atoms with E-state index < -0.39 is 6.10 Å². The molecule has 1 unspecified atom stereocenters. The maximum absolute atomic E-state index is 13.0. The summed E-state index contributed by atoms with van der Waals surface area (Å²) in [4.78, 5) is 38.4. The van der Waals surface area contributed by atoms with E-state index in [0.717, 1.165) is 128 Å². The minimum atomic E-state index is -0.785. The molecule has 0 rings (SSSR count). The van der Waals surface area contributed by atoms with Gasteiger partial charge in [-0.05, 0) is 109 Å². The number of hydrogen-bond acceptors (Lipinski definition) is 6. The molecule has 0 saturated carbocycles. The Morgan fingerprint density at radius 3 is 0.735 bits per heavy atom. The van der Waals surface area contributed by atoms with E-state index in [1.54, 1.807) is 0 Å². The molecule has 0 radical (unpaired) electrons. The summed E-state index contributed by atoms with van der Waals surface area (Å²) < 4.78 is 17.0. The highest BCUT2D eigenvalue weighted by Gasteiger charge is 2.19. The van der Waals surface area contributed by atoms with Crippen LogP contribution in [0.1, 0.15) is 329 Å². The SMILES string of the molecule is CC/C=C\C/C=C\C/C=C\C/C=C\C/C=C\CCCCCCCCCCCCCC(=O)OCC(COC(=O)CCCCCCCCCCCCCCC)OC(=O)CCCCCCCCCCC/C=C\C/C=C\C/C=C\C/C=C\C/C=C\CC. The molecule has 0 bridgehead atoms. The summed E-state index contributed by atoms with van der Waals surface area (Å²) in [6, 6.07) is 0. The molecule has 6 heteroatoms. The fourth-order valence-electron chi connectivity index (χ4n) is 9.79. The van der Waals surface area contributed by atoms with Crippen LogP contribution in [0.3, 0.4) is 0 Å². The van der Waals surface area contributed by atoms with Gasteiger partial charge < -0.3 is 14.2 Å². The Morgan fingerprint density at radius 1 is 0.253 bits per heavy atom. The van der Waals surface area contributed by atoms with Crippen LogP contribution in [-0.2, 0) is 28.6 Å². The third kappa shape index (κ3) is 68.5. The number of carbonyl (C=O) groups is 3. The van der Waals surface area contributed by atoms with Gasteiger partial charge in [0.2, 0.25) is 0 Å². The van der Waals surface area contributed by atoms with Gasteiger partial charge in [0, 0.05) is 19.3 Å². The lowest BCUT2D eigenvalue weighted by Gasteiger charge is -2.18. The van der Waals surface area contributed by atoms with Gasteiger partial charge in [0.15, 0.2) is 6.10 Å². The number of carbonyl (C=O) groups excluding carboxylic acids is 3. The molecule has 474 valence electrons. The van der Waals surface area contributed by atoms with Gasteiger partial charge in [0.1, 0.15) is 13.2 Å². The average Bonchev–Trinajstić information content (AvgIpc) is 3.49. The fraction of sp³-hybridized carbons (Fsp3) is 0.701. The van der Waals surface area contributed by atoms with Gasteiger partial charge in [0.25, 0.3) is 0 Å². The van der Waals surface area contributed by atoms with Crippen molar-refractivity contribution in [1.29, 1.82) is 0 Å². The van der Waals surface area contributed by atoms with Gasteiger partial charge in [-0.2, -0.15) is 0 Å². The van der Waals surface area contributed by atoms with Crippen LogP contribution >= 0.6 is 0 Å². The molecule has 0 aliphatic rings. The van der Waals surface area contributed by atoms with Crippen LogP contribution < -0.4 is 0 Å². The molecule has 6 nitrogen and oxygen atoms in total. The standard InChI is InChI=1S/C77H130O6/c1-4-7-10-13-16-19-22-25-27-29-31-33-35-37-38-40-41-43-45-47-49-52-55-58-61-64-67-70-76(79)82-73-74(72-81-75(78)69-66-63-60-57-54-51-24-21-18-15-12-9-6-3)83-77(80)71-68-65-62-59-56-53-50-48-46-44-42-39-36-34-32-30-28-26-23-20-17-14-11-8-5-2/h7-8,10-11,16-17,19-20,25-28,31-34,37-39,42,74H,4-6,9,12-15,18,21-24,29-30,35-36,40-41,43-73H2,1-3H3/b10-7-,11-8-,19-16-,20-17-,27-25-,28-26-,33-31-,34-32-,38-37-,42-39-. The minimum Gasteiger partial charge on any atom is -0.462 e. The van der Waals surface area contributed by atoms with Crippen LogP contribution in [0.25, 0.3) is 0 Å². The largest absolute Gasteiger partial charge is 0.462 e. The van der Waals surface area contributed by atoms with Crippen LogP contribution in [0.15, 0.2) is 122 Å². The molecule has 0 aromatic rings. The third-order valence-corrected chi connectivity index (χ3v) is 15.0. The summed E-state index contributed by atoms with van der Waals surface area (Å²) in [6.45, 7) is 6.44. The van der Waals surface area contributed by atoms with E-state index in [1.807, 2.05) is 0 Å². The summed E-state index contributed by atoms with van der Waals surface area (Å²) in [5, 5.41) is 0. The lowest BCUT2D eigenvalue weighted by Crippen LogP contribution is -2.30. The van der Waals surface area contributed by atoms with Gasteiger partial charge >= 0.3 is 17.9 Å². The number of hydrogen-bond donors (Lipinski definition) is 0. The number of esters is 3. The van der Waals surface area contributed by atoms with Crippen molar-refractivity contribution in [2.75, 3.05) is 13.2 Å². The molecule has 0 fully saturated rings. The second-order valence-electron chi connectivity index (χ2n) is 23.0. The Balaban J connectivity index is 4.32. The zero-order chi connectivity index (χ0) is 59.9. The van der Waals surface area contributed by atoms with Crippen LogP contribution in [0, 0.1) is 0 Å². The normalized spacial score (nSPS) is 12.9. The van der Waals surface area contributed by atoms with E-state index in [-0.39, 0.29) is 31.1 Å². The quantitative estimate of drug-likeness (QED) is 0.0261. The van der Waals surface area contributed by atoms with Gasteiger partial charge in [-0.15, -0.1) is 0 Å². The van der Waals surface area contributed by atoms with Gasteiger partial charge in [-0.3, -0.25) is 14.4 Å². The predicted molar refractivity (Wildman–Crippen MR) is 362 cm³/mol. The smallest absolute Gasteiger partial charge is 0.306 e. The van der Waals surface area contributed by atoms with E-state index in [1.165, 1.54) is 161 Å². The first-order valence-corrected chi connectivity index (χ1v) is 35.0. The predicted octanol–water partition coefficient (Wildman–Crippen LogP) is 24.3. The van der Waals surface area contributed by atoms with Crippen molar-refractivity contribution in [2.24, 2.45) is 0 Å².